The van der Waals surface area contributed by atoms with Crippen LogP contribution >= 0.6 is 0 Å². The number of aliphatic hydroxyl groups excluding tert-OH is 1. The van der Waals surface area contributed by atoms with Crippen LogP contribution in [-0.2, 0) is 11.4 Å². The van der Waals surface area contributed by atoms with Gasteiger partial charge in [-0.15, -0.1) is 0 Å². The van der Waals surface area contributed by atoms with Crippen molar-refractivity contribution in [3.8, 4) is 5.75 Å². The fourth-order valence-electron chi connectivity index (χ4n) is 4.76. The van der Waals surface area contributed by atoms with Gasteiger partial charge in [-0.25, -0.2) is 0 Å². The Bertz CT molecular complexity index is 1380. The van der Waals surface area contributed by atoms with E-state index in [2.05, 4.69) is 0 Å². The van der Waals surface area contributed by atoms with Gasteiger partial charge in [0.05, 0.1) is 18.1 Å². The minimum absolute atomic E-state index is 0.0241. The average Bonchev–Trinajstić information content (AvgIpc) is 2.93. The van der Waals surface area contributed by atoms with Gasteiger partial charge in [0, 0.05) is 5.69 Å². The summed E-state index contributed by atoms with van der Waals surface area (Å²) in [7, 11) is 0. The number of aliphatic hydroxyl groups is 1. The van der Waals surface area contributed by atoms with Crippen LogP contribution < -0.4 is 9.64 Å². The van der Waals surface area contributed by atoms with Gasteiger partial charge in [-0.2, -0.15) is 0 Å². The topological polar surface area (TPSA) is 49.8 Å². The van der Waals surface area contributed by atoms with Gasteiger partial charge >= 0.3 is 0 Å². The molecule has 0 aromatic heterocycles. The highest BCUT2D eigenvalue weighted by Crippen LogP contribution is 2.45. The van der Waals surface area contributed by atoms with E-state index in [1.807, 2.05) is 128 Å². The molecule has 4 aromatic carbocycles. The van der Waals surface area contributed by atoms with Crippen molar-refractivity contribution in [3.05, 3.63) is 143 Å². The maximum atomic E-state index is 13.4. The third kappa shape index (κ3) is 5.35. The molecule has 1 heterocycles. The zero-order valence-corrected chi connectivity index (χ0v) is 21.1. The lowest BCUT2D eigenvalue weighted by molar-refractivity contribution is -0.128. The van der Waals surface area contributed by atoms with Gasteiger partial charge in [0.25, 0.3) is 0 Å². The number of β-lactam (4-membered cyclic amide) rings is 1. The van der Waals surface area contributed by atoms with Crippen LogP contribution in [0.2, 0.25) is 0 Å². The minimum Gasteiger partial charge on any atom is -0.489 e. The van der Waals surface area contributed by atoms with E-state index in [0.717, 1.165) is 39.3 Å². The standard InChI is InChI=1S/C33H31NO3/c1-23-12-14-26(15-13-23)31(35)21-20-29-32(34(33(29)36)30-11-7-6-8-24(30)2)27-16-18-28(19-17-27)37-22-25-9-4-3-5-10-25/h3-21,29,31-32,35H,22H2,1-2H3/b21-20+/t29-,31?,32-/m1/s1. The van der Waals surface area contributed by atoms with Crippen molar-refractivity contribution < 1.29 is 14.6 Å². The number of carbonyl (C=O) groups excluding carboxylic acids is 1. The molecule has 3 atom stereocenters. The van der Waals surface area contributed by atoms with E-state index >= 15 is 0 Å². The first-order valence-electron chi connectivity index (χ1n) is 12.6. The lowest BCUT2D eigenvalue weighted by atomic mass is 9.80. The molecule has 5 rings (SSSR count). The van der Waals surface area contributed by atoms with Crippen molar-refractivity contribution in [2.24, 2.45) is 5.92 Å². The lowest BCUT2D eigenvalue weighted by Gasteiger charge is -2.47. The Hall–Kier alpha value is -4.15. The van der Waals surface area contributed by atoms with Crippen molar-refractivity contribution in [1.29, 1.82) is 0 Å². The van der Waals surface area contributed by atoms with Crippen molar-refractivity contribution >= 4 is 11.6 Å². The Morgan fingerprint density at radius 3 is 2.24 bits per heavy atom. The van der Waals surface area contributed by atoms with Gasteiger partial charge in [-0.1, -0.05) is 103 Å². The van der Waals surface area contributed by atoms with E-state index in [0.29, 0.717) is 6.61 Å². The molecule has 1 unspecified atom stereocenters. The summed E-state index contributed by atoms with van der Waals surface area (Å²) in [5.41, 5.74) is 6.03. The summed E-state index contributed by atoms with van der Waals surface area (Å²) in [6, 6.07) is 33.6. The quantitative estimate of drug-likeness (QED) is 0.217. The van der Waals surface area contributed by atoms with Crippen molar-refractivity contribution in [3.63, 3.8) is 0 Å². The van der Waals surface area contributed by atoms with Crippen molar-refractivity contribution in [2.75, 3.05) is 4.90 Å². The molecule has 4 nitrogen and oxygen atoms in total. The fourth-order valence-corrected chi connectivity index (χ4v) is 4.76. The van der Waals surface area contributed by atoms with Gasteiger partial charge in [0.1, 0.15) is 12.4 Å². The predicted molar refractivity (Wildman–Crippen MR) is 147 cm³/mol. The van der Waals surface area contributed by atoms with Crippen LogP contribution in [0.4, 0.5) is 5.69 Å². The van der Waals surface area contributed by atoms with Crippen LogP contribution in [-0.4, -0.2) is 11.0 Å². The Morgan fingerprint density at radius 2 is 1.54 bits per heavy atom. The predicted octanol–water partition coefficient (Wildman–Crippen LogP) is 6.88. The molecule has 4 heteroatoms. The van der Waals surface area contributed by atoms with Crippen LogP contribution in [0.25, 0.3) is 0 Å². The SMILES string of the molecule is Cc1ccc(C(O)/C=C/[C@H]2C(=O)N(c3ccccc3C)[C@@H]2c2ccc(OCc3ccccc3)cc2)cc1. The van der Waals surface area contributed by atoms with Gasteiger partial charge in [-0.3, -0.25) is 4.79 Å². The summed E-state index contributed by atoms with van der Waals surface area (Å²) < 4.78 is 5.97. The molecular formula is C33H31NO3. The third-order valence-corrected chi connectivity index (χ3v) is 6.91. The van der Waals surface area contributed by atoms with Crippen molar-refractivity contribution in [2.45, 2.75) is 32.6 Å². The molecule has 37 heavy (non-hydrogen) atoms. The van der Waals surface area contributed by atoms with E-state index in [1.54, 1.807) is 6.08 Å². The number of benzene rings is 4. The zero-order valence-electron chi connectivity index (χ0n) is 21.1. The number of anilines is 1. The summed E-state index contributed by atoms with van der Waals surface area (Å²) in [5.74, 6) is 0.439. The molecule has 0 bridgehead atoms. The van der Waals surface area contributed by atoms with E-state index < -0.39 is 6.10 Å². The molecule has 0 radical (unpaired) electrons. The molecule has 0 saturated carbocycles. The van der Waals surface area contributed by atoms with Gasteiger partial charge in [-0.05, 0) is 54.3 Å². The summed E-state index contributed by atoms with van der Waals surface area (Å²) in [5, 5.41) is 10.7. The number of para-hydroxylation sites is 1. The number of aryl methyl sites for hydroxylation is 2. The molecule has 1 N–H and O–H groups in total. The second kappa shape index (κ2) is 10.9. The second-order valence-corrected chi connectivity index (χ2v) is 9.55. The normalized spacial score (nSPS) is 18.0. The van der Waals surface area contributed by atoms with E-state index in [1.165, 1.54) is 0 Å². The van der Waals surface area contributed by atoms with Gasteiger partial charge in [0.15, 0.2) is 0 Å². The Morgan fingerprint density at radius 1 is 0.865 bits per heavy atom. The van der Waals surface area contributed by atoms with Crippen LogP contribution in [0.5, 0.6) is 5.75 Å². The smallest absolute Gasteiger partial charge is 0.236 e. The second-order valence-electron chi connectivity index (χ2n) is 9.55. The van der Waals surface area contributed by atoms with E-state index in [4.69, 9.17) is 4.74 Å². The number of amides is 1. The highest BCUT2D eigenvalue weighted by molar-refractivity contribution is 6.05. The molecule has 4 aromatic rings. The van der Waals surface area contributed by atoms with E-state index in [-0.39, 0.29) is 17.9 Å². The van der Waals surface area contributed by atoms with Crippen LogP contribution in [0.15, 0.2) is 115 Å². The molecule has 1 fully saturated rings. The minimum atomic E-state index is -0.768. The first-order valence-corrected chi connectivity index (χ1v) is 12.6. The fraction of sp³-hybridized carbons (Fsp3) is 0.182. The number of nitrogens with zero attached hydrogens (tertiary/aromatic N) is 1. The van der Waals surface area contributed by atoms with Crippen LogP contribution in [0.3, 0.4) is 0 Å². The molecule has 1 saturated heterocycles. The Balaban J connectivity index is 1.38. The number of ether oxygens (including phenoxy) is 1. The van der Waals surface area contributed by atoms with Gasteiger partial charge in [0.2, 0.25) is 5.91 Å². The van der Waals surface area contributed by atoms with Crippen LogP contribution in [0.1, 0.15) is 40.0 Å². The zero-order chi connectivity index (χ0) is 25.8. The maximum Gasteiger partial charge on any atom is 0.236 e. The largest absolute Gasteiger partial charge is 0.489 e. The Labute approximate surface area is 218 Å². The molecule has 1 aliphatic rings. The number of carbonyl (C=O) groups is 1. The number of hydrogen-bond donors (Lipinski definition) is 1. The average molecular weight is 490 g/mol. The molecular weight excluding hydrogens is 458 g/mol. The maximum absolute atomic E-state index is 13.4. The summed E-state index contributed by atoms with van der Waals surface area (Å²) in [4.78, 5) is 15.3. The van der Waals surface area contributed by atoms with Gasteiger partial charge < -0.3 is 14.7 Å². The summed E-state index contributed by atoms with van der Waals surface area (Å²) >= 11 is 0. The summed E-state index contributed by atoms with van der Waals surface area (Å²) in [6.07, 6.45) is 2.81. The monoisotopic (exact) mass is 489 g/mol. The first-order chi connectivity index (χ1) is 18.0. The highest BCUT2D eigenvalue weighted by atomic mass is 16.5. The number of hydrogen-bond acceptors (Lipinski definition) is 3. The molecule has 0 aliphatic carbocycles. The van der Waals surface area contributed by atoms with Crippen molar-refractivity contribution in [1.82, 2.24) is 0 Å². The number of rotatable bonds is 8. The molecule has 186 valence electrons. The van der Waals surface area contributed by atoms with Crippen LogP contribution in [0, 0.1) is 19.8 Å². The lowest BCUT2D eigenvalue weighted by Crippen LogP contribution is -2.54. The third-order valence-electron chi connectivity index (χ3n) is 6.91. The highest BCUT2D eigenvalue weighted by Gasteiger charge is 2.47. The molecule has 0 spiro atoms. The summed E-state index contributed by atoms with van der Waals surface area (Å²) in [6.45, 7) is 4.53. The molecule has 1 aliphatic heterocycles. The molecule has 1 amide bonds. The van der Waals surface area contributed by atoms with E-state index in [9.17, 15) is 9.90 Å². The Kier molecular flexibility index (Phi) is 7.20. The first kappa shape index (κ1) is 24.5.